The van der Waals surface area contributed by atoms with Gasteiger partial charge in [-0.1, -0.05) is 74.4 Å². The van der Waals surface area contributed by atoms with Crippen LogP contribution in [0.5, 0.6) is 5.75 Å². The van der Waals surface area contributed by atoms with Crippen molar-refractivity contribution in [2.45, 2.75) is 22.7 Å². The maximum absolute atomic E-state index is 14.0. The lowest BCUT2D eigenvalue weighted by atomic mass is 9.83. The number of hydrogen-bond acceptors (Lipinski definition) is 7. The molecule has 0 spiro atoms. The molecule has 4 aromatic rings. The Morgan fingerprint density at radius 1 is 1.00 bits per heavy atom. The third-order valence-corrected chi connectivity index (χ3v) is 11.1. The molecule has 3 amide bonds. The Hall–Kier alpha value is -3.09. The van der Waals surface area contributed by atoms with Gasteiger partial charge in [0.1, 0.15) is 17.5 Å². The molecule has 8 nitrogen and oxygen atoms in total. The maximum atomic E-state index is 14.0. The summed E-state index contributed by atoms with van der Waals surface area (Å²) in [5.74, 6) is -2.14. The maximum Gasteiger partial charge on any atom is 0.308 e. The van der Waals surface area contributed by atoms with Gasteiger partial charge in [0.25, 0.3) is 0 Å². The highest BCUT2D eigenvalue weighted by Gasteiger charge is 2.57. The van der Waals surface area contributed by atoms with Crippen molar-refractivity contribution in [1.82, 2.24) is 4.57 Å². The number of thiazole rings is 1. The lowest BCUT2D eigenvalue weighted by Gasteiger charge is -2.31. The van der Waals surface area contributed by atoms with Crippen LogP contribution in [0.15, 0.2) is 81.0 Å². The van der Waals surface area contributed by atoms with Crippen LogP contribution in [0.25, 0.3) is 0 Å². The number of methoxy groups -OCH3 is 1. The third kappa shape index (κ3) is 5.07. The molecular weight excluding hydrogens is 685 g/mol. The average molecular weight is 705 g/mol. The number of aromatic nitrogens is 1. The molecule has 13 heteroatoms. The summed E-state index contributed by atoms with van der Waals surface area (Å²) in [6, 6.07) is 18.8. The molecule has 0 radical (unpaired) electrons. The van der Waals surface area contributed by atoms with Crippen molar-refractivity contribution in [3.8, 4) is 5.75 Å². The standard InChI is InChI=1S/C29H20BrCl2N3O5S2/c1-40-17-11-7-15(8-12-17)33-20(36)13-34-28-25(42-29(34)39)21(18-3-2-4-19(31)23(18)32)22-24(41-28)27(38)35(26(22)37)16-9-5-14(30)6-10-16/h2-12,21-22,24H,13H2,1H3,(H,33,36)/t21-,22-,24+/m0/s1. The normalized spacial score (nSPS) is 19.4. The van der Waals surface area contributed by atoms with Crippen molar-refractivity contribution >= 4 is 91.3 Å². The van der Waals surface area contributed by atoms with Gasteiger partial charge >= 0.3 is 4.87 Å². The first-order valence-corrected chi connectivity index (χ1v) is 15.8. The van der Waals surface area contributed by atoms with Gasteiger partial charge in [0.05, 0.1) is 33.8 Å². The number of ether oxygens (including phenoxy) is 1. The molecule has 3 atom stereocenters. The van der Waals surface area contributed by atoms with E-state index in [2.05, 4.69) is 21.2 Å². The van der Waals surface area contributed by atoms with Gasteiger partial charge in [-0.15, -0.1) is 0 Å². The highest BCUT2D eigenvalue weighted by Crippen LogP contribution is 2.55. The monoisotopic (exact) mass is 703 g/mol. The molecule has 0 aliphatic carbocycles. The number of nitrogens with zero attached hydrogens (tertiary/aromatic N) is 2. The van der Waals surface area contributed by atoms with E-state index in [1.54, 1.807) is 73.8 Å². The molecule has 1 saturated heterocycles. The van der Waals surface area contributed by atoms with E-state index in [-0.39, 0.29) is 21.5 Å². The number of fused-ring (bicyclic) bond motifs is 2. The second kappa shape index (κ2) is 11.5. The quantitative estimate of drug-likeness (QED) is 0.233. The molecule has 2 aliphatic rings. The van der Waals surface area contributed by atoms with Crippen LogP contribution in [0.4, 0.5) is 11.4 Å². The second-order valence-electron chi connectivity index (χ2n) is 9.57. The number of anilines is 2. The minimum absolute atomic E-state index is 0.243. The summed E-state index contributed by atoms with van der Waals surface area (Å²) in [6.07, 6.45) is 0. The molecule has 1 N–H and O–H groups in total. The summed E-state index contributed by atoms with van der Waals surface area (Å²) in [7, 11) is 1.55. The summed E-state index contributed by atoms with van der Waals surface area (Å²) in [5.41, 5.74) is 1.52. The molecule has 0 saturated carbocycles. The fraction of sp³-hybridized carbons (Fsp3) is 0.172. The van der Waals surface area contributed by atoms with E-state index in [1.807, 2.05) is 0 Å². The van der Waals surface area contributed by atoms with E-state index < -0.39 is 34.8 Å². The van der Waals surface area contributed by atoms with E-state index in [9.17, 15) is 19.2 Å². The zero-order chi connectivity index (χ0) is 29.7. The van der Waals surface area contributed by atoms with Crippen LogP contribution in [-0.2, 0) is 20.9 Å². The predicted molar refractivity (Wildman–Crippen MR) is 168 cm³/mol. The van der Waals surface area contributed by atoms with Gasteiger partial charge in [0.2, 0.25) is 17.7 Å². The third-order valence-electron chi connectivity index (χ3n) is 7.13. The van der Waals surface area contributed by atoms with Crippen LogP contribution >= 0.6 is 62.2 Å². The van der Waals surface area contributed by atoms with Gasteiger partial charge in [-0.2, -0.15) is 0 Å². The van der Waals surface area contributed by atoms with Crippen LogP contribution in [0.1, 0.15) is 16.4 Å². The van der Waals surface area contributed by atoms with Gasteiger partial charge in [0.15, 0.2) is 0 Å². The molecule has 6 rings (SSSR count). The predicted octanol–water partition coefficient (Wildman–Crippen LogP) is 6.42. The number of hydrogen-bond donors (Lipinski definition) is 1. The summed E-state index contributed by atoms with van der Waals surface area (Å²) in [4.78, 5) is 55.6. The highest BCUT2D eigenvalue weighted by molar-refractivity contribution is 9.10. The highest BCUT2D eigenvalue weighted by atomic mass is 79.9. The topological polar surface area (TPSA) is 97.7 Å². The Kier molecular flexibility index (Phi) is 7.97. The molecule has 0 unspecified atom stereocenters. The fourth-order valence-corrected chi connectivity index (χ4v) is 8.67. The van der Waals surface area contributed by atoms with Crippen LogP contribution in [-0.4, -0.2) is 34.6 Å². The molecule has 3 aromatic carbocycles. The van der Waals surface area contributed by atoms with Crippen molar-refractivity contribution in [3.05, 3.63) is 101 Å². The molecule has 1 fully saturated rings. The number of halogens is 3. The average Bonchev–Trinajstić information content (AvgIpc) is 3.42. The van der Waals surface area contributed by atoms with Crippen LogP contribution in [0, 0.1) is 5.92 Å². The van der Waals surface area contributed by atoms with E-state index in [0.29, 0.717) is 32.6 Å². The number of carbonyl (C=O) groups excluding carboxylic acids is 3. The first-order chi connectivity index (χ1) is 20.2. The Balaban J connectivity index is 1.41. The van der Waals surface area contributed by atoms with Crippen molar-refractivity contribution in [3.63, 3.8) is 0 Å². The number of rotatable bonds is 6. The summed E-state index contributed by atoms with van der Waals surface area (Å²) < 4.78 is 7.31. The zero-order valence-electron chi connectivity index (χ0n) is 21.7. The first-order valence-electron chi connectivity index (χ1n) is 12.6. The number of thioether (sulfide) groups is 1. The summed E-state index contributed by atoms with van der Waals surface area (Å²) >= 11 is 18.5. The fourth-order valence-electron chi connectivity index (χ4n) is 5.21. The molecule has 214 valence electrons. The number of amides is 3. The number of imide groups is 1. The minimum atomic E-state index is -0.849. The molecular formula is C29H20BrCl2N3O5S2. The Bertz CT molecular complexity index is 1790. The minimum Gasteiger partial charge on any atom is -0.497 e. The zero-order valence-corrected chi connectivity index (χ0v) is 26.4. The van der Waals surface area contributed by atoms with E-state index in [1.165, 1.54) is 9.47 Å². The lowest BCUT2D eigenvalue weighted by molar-refractivity contribution is -0.122. The molecule has 0 bridgehead atoms. The van der Waals surface area contributed by atoms with Crippen molar-refractivity contribution in [2.75, 3.05) is 17.3 Å². The van der Waals surface area contributed by atoms with Crippen molar-refractivity contribution in [1.29, 1.82) is 0 Å². The summed E-state index contributed by atoms with van der Waals surface area (Å²) in [6.45, 7) is -0.282. The van der Waals surface area contributed by atoms with Crippen molar-refractivity contribution in [2.24, 2.45) is 5.92 Å². The smallest absolute Gasteiger partial charge is 0.308 e. The van der Waals surface area contributed by atoms with E-state index in [4.69, 9.17) is 27.9 Å². The number of carbonyl (C=O) groups is 3. The Morgan fingerprint density at radius 3 is 2.40 bits per heavy atom. The van der Waals surface area contributed by atoms with E-state index in [0.717, 1.165) is 27.6 Å². The van der Waals surface area contributed by atoms with Crippen LogP contribution in [0.2, 0.25) is 10.0 Å². The second-order valence-corrected chi connectivity index (χ2v) is 13.4. The van der Waals surface area contributed by atoms with Gasteiger partial charge in [-0.3, -0.25) is 23.7 Å². The summed E-state index contributed by atoms with van der Waals surface area (Å²) in [5, 5.41) is 2.93. The van der Waals surface area contributed by atoms with Gasteiger partial charge < -0.3 is 10.1 Å². The molecule has 2 aliphatic heterocycles. The largest absolute Gasteiger partial charge is 0.497 e. The van der Waals surface area contributed by atoms with E-state index >= 15 is 0 Å². The first kappa shape index (κ1) is 29.0. The Labute approximate surface area is 266 Å². The van der Waals surface area contributed by atoms with Gasteiger partial charge in [-0.05, 0) is 60.2 Å². The molecule has 42 heavy (non-hydrogen) atoms. The SMILES string of the molecule is COc1ccc(NC(=O)Cn2c3c(sc2=O)[C@@H](c2cccc(Cl)c2Cl)[C@@H]2C(=O)N(c4ccc(Br)cc4)C(=O)[C@@H]2S3)cc1. The van der Waals surface area contributed by atoms with Gasteiger partial charge in [-0.25, -0.2) is 4.90 Å². The van der Waals surface area contributed by atoms with Crippen molar-refractivity contribution < 1.29 is 19.1 Å². The van der Waals surface area contributed by atoms with Crippen LogP contribution in [0.3, 0.4) is 0 Å². The number of nitrogens with one attached hydrogen (secondary N) is 1. The van der Waals surface area contributed by atoms with Crippen LogP contribution < -0.4 is 19.8 Å². The molecule has 3 heterocycles. The molecule has 1 aromatic heterocycles. The Morgan fingerprint density at radius 2 is 1.71 bits per heavy atom. The van der Waals surface area contributed by atoms with Gasteiger partial charge in [0, 0.05) is 21.0 Å². The lowest BCUT2D eigenvalue weighted by Crippen LogP contribution is -2.33. The number of benzene rings is 3.